The van der Waals surface area contributed by atoms with Crippen LogP contribution in [0.1, 0.15) is 51.2 Å². The number of thiazole rings is 1. The second-order valence-corrected chi connectivity index (χ2v) is 7.54. The van der Waals surface area contributed by atoms with E-state index in [0.29, 0.717) is 6.04 Å². The van der Waals surface area contributed by atoms with Gasteiger partial charge in [0.05, 0.1) is 5.69 Å². The zero-order chi connectivity index (χ0) is 13.9. The van der Waals surface area contributed by atoms with Gasteiger partial charge in [0.1, 0.15) is 5.01 Å². The topological polar surface area (TPSA) is 28.2 Å². The maximum atomic E-state index is 4.72. The molecule has 1 unspecified atom stereocenters. The predicted molar refractivity (Wildman–Crippen MR) is 82.8 cm³/mol. The van der Waals surface area contributed by atoms with Crippen LogP contribution in [0, 0.1) is 0 Å². The third kappa shape index (κ3) is 4.26. The van der Waals surface area contributed by atoms with E-state index in [1.165, 1.54) is 36.6 Å². The predicted octanol–water partition coefficient (Wildman–Crippen LogP) is 3.01. The minimum Gasteiger partial charge on any atom is -0.309 e. The summed E-state index contributed by atoms with van der Waals surface area (Å²) in [4.78, 5) is 7.30. The van der Waals surface area contributed by atoms with Crippen LogP contribution in [0.15, 0.2) is 5.38 Å². The van der Waals surface area contributed by atoms with Crippen molar-refractivity contribution in [3.05, 3.63) is 16.1 Å². The van der Waals surface area contributed by atoms with Gasteiger partial charge in [0.15, 0.2) is 0 Å². The van der Waals surface area contributed by atoms with Crippen molar-refractivity contribution in [2.45, 2.75) is 58.5 Å². The summed E-state index contributed by atoms with van der Waals surface area (Å²) in [6, 6.07) is 0.643. The second kappa shape index (κ2) is 6.33. The molecule has 19 heavy (non-hydrogen) atoms. The number of likely N-dealkylation sites (tertiary alicyclic amines) is 1. The minimum absolute atomic E-state index is 0.164. The van der Waals surface area contributed by atoms with Crippen LogP contribution in [0.25, 0.3) is 0 Å². The Morgan fingerprint density at radius 1 is 1.37 bits per heavy atom. The first-order chi connectivity index (χ1) is 8.97. The lowest BCUT2D eigenvalue weighted by atomic mass is 9.93. The number of nitrogens with one attached hydrogen (secondary N) is 1. The summed E-state index contributed by atoms with van der Waals surface area (Å²) in [5.41, 5.74) is 1.37. The van der Waals surface area contributed by atoms with Crippen LogP contribution >= 0.6 is 11.3 Å². The second-order valence-electron chi connectivity index (χ2n) is 6.60. The minimum atomic E-state index is 0.164. The molecule has 0 amide bonds. The van der Waals surface area contributed by atoms with Crippen molar-refractivity contribution in [2.24, 2.45) is 0 Å². The lowest BCUT2D eigenvalue weighted by Gasteiger charge is -2.23. The molecule has 2 rings (SSSR count). The summed E-state index contributed by atoms with van der Waals surface area (Å²) in [6.07, 6.45) is 2.73. The van der Waals surface area contributed by atoms with Crippen LogP contribution in [0.5, 0.6) is 0 Å². The van der Waals surface area contributed by atoms with Gasteiger partial charge in [-0.15, -0.1) is 11.3 Å². The molecule has 1 atom stereocenters. The summed E-state index contributed by atoms with van der Waals surface area (Å²) < 4.78 is 0. The van der Waals surface area contributed by atoms with E-state index in [-0.39, 0.29) is 5.41 Å². The number of hydrogen-bond acceptors (Lipinski definition) is 4. The van der Waals surface area contributed by atoms with E-state index >= 15 is 0 Å². The molecular formula is C15H27N3S. The van der Waals surface area contributed by atoms with E-state index < -0.39 is 0 Å². The van der Waals surface area contributed by atoms with Gasteiger partial charge in [0.2, 0.25) is 0 Å². The van der Waals surface area contributed by atoms with Crippen LogP contribution in [-0.4, -0.2) is 35.6 Å². The Morgan fingerprint density at radius 3 is 2.63 bits per heavy atom. The van der Waals surface area contributed by atoms with Gasteiger partial charge in [-0.25, -0.2) is 4.98 Å². The molecule has 1 aromatic rings. The van der Waals surface area contributed by atoms with E-state index in [1.807, 2.05) is 0 Å². The number of nitrogens with zero attached hydrogens (tertiary/aromatic N) is 2. The summed E-state index contributed by atoms with van der Waals surface area (Å²) in [7, 11) is 0. The van der Waals surface area contributed by atoms with Gasteiger partial charge in [-0.05, 0) is 32.9 Å². The number of hydrogen-bond donors (Lipinski definition) is 1. The van der Waals surface area contributed by atoms with E-state index in [1.54, 1.807) is 11.3 Å². The molecule has 0 bridgehead atoms. The molecule has 1 aromatic heterocycles. The SMILES string of the molecule is CC(CNCc1nc(C(C)(C)C)cs1)N1CCCC1. The quantitative estimate of drug-likeness (QED) is 0.899. The Hall–Kier alpha value is -0.450. The van der Waals surface area contributed by atoms with Gasteiger partial charge < -0.3 is 5.32 Å². The van der Waals surface area contributed by atoms with E-state index in [9.17, 15) is 0 Å². The van der Waals surface area contributed by atoms with E-state index in [0.717, 1.165) is 13.1 Å². The number of rotatable bonds is 5. The average molecular weight is 281 g/mol. The molecular weight excluding hydrogens is 254 g/mol. The van der Waals surface area contributed by atoms with E-state index in [2.05, 4.69) is 43.3 Å². The van der Waals surface area contributed by atoms with Crippen LogP contribution in [0.3, 0.4) is 0 Å². The van der Waals surface area contributed by atoms with Gasteiger partial charge in [-0.3, -0.25) is 4.90 Å². The Labute approximate surface area is 121 Å². The summed E-state index contributed by atoms with van der Waals surface area (Å²) in [6.45, 7) is 13.5. The standard InChI is InChI=1S/C15H27N3S/c1-12(18-7-5-6-8-18)9-16-10-14-17-13(11-19-14)15(2,3)4/h11-12,16H,5-10H2,1-4H3. The van der Waals surface area contributed by atoms with Gasteiger partial charge in [-0.1, -0.05) is 20.8 Å². The first-order valence-electron chi connectivity index (χ1n) is 7.36. The molecule has 1 aliphatic heterocycles. The van der Waals surface area contributed by atoms with Crippen molar-refractivity contribution in [3.8, 4) is 0 Å². The van der Waals surface area contributed by atoms with E-state index in [4.69, 9.17) is 4.98 Å². The summed E-state index contributed by atoms with van der Waals surface area (Å²) in [5.74, 6) is 0. The van der Waals surface area contributed by atoms with Crippen molar-refractivity contribution in [2.75, 3.05) is 19.6 Å². The largest absolute Gasteiger partial charge is 0.309 e. The molecule has 0 spiro atoms. The smallest absolute Gasteiger partial charge is 0.107 e. The van der Waals surface area contributed by atoms with Crippen molar-refractivity contribution in [1.29, 1.82) is 0 Å². The highest BCUT2D eigenvalue weighted by Crippen LogP contribution is 2.23. The molecule has 0 aromatic carbocycles. The van der Waals surface area contributed by atoms with Crippen LogP contribution in [0.2, 0.25) is 0 Å². The van der Waals surface area contributed by atoms with Crippen LogP contribution in [-0.2, 0) is 12.0 Å². The monoisotopic (exact) mass is 281 g/mol. The highest BCUT2D eigenvalue weighted by molar-refractivity contribution is 7.09. The van der Waals surface area contributed by atoms with Gasteiger partial charge in [0.25, 0.3) is 0 Å². The summed E-state index contributed by atoms with van der Waals surface area (Å²) >= 11 is 1.77. The highest BCUT2D eigenvalue weighted by Gasteiger charge is 2.19. The third-order valence-corrected chi connectivity index (χ3v) is 4.65. The molecule has 1 saturated heterocycles. The molecule has 2 heterocycles. The van der Waals surface area contributed by atoms with Crippen molar-refractivity contribution in [3.63, 3.8) is 0 Å². The Kier molecular flexibility index (Phi) is 4.98. The molecule has 0 aliphatic carbocycles. The van der Waals surface area contributed by atoms with Gasteiger partial charge in [-0.2, -0.15) is 0 Å². The average Bonchev–Trinajstić information content (AvgIpc) is 2.99. The molecule has 1 N–H and O–H groups in total. The van der Waals surface area contributed by atoms with Crippen molar-refractivity contribution < 1.29 is 0 Å². The molecule has 0 saturated carbocycles. The fourth-order valence-electron chi connectivity index (χ4n) is 2.44. The maximum absolute atomic E-state index is 4.72. The Bertz CT molecular complexity index is 388. The van der Waals surface area contributed by atoms with Crippen LogP contribution < -0.4 is 5.32 Å². The highest BCUT2D eigenvalue weighted by atomic mass is 32.1. The lowest BCUT2D eigenvalue weighted by Crippen LogP contribution is -2.38. The molecule has 0 radical (unpaired) electrons. The lowest BCUT2D eigenvalue weighted by molar-refractivity contribution is 0.251. The molecule has 3 nitrogen and oxygen atoms in total. The van der Waals surface area contributed by atoms with Crippen molar-refractivity contribution in [1.82, 2.24) is 15.2 Å². The molecule has 1 fully saturated rings. The fraction of sp³-hybridized carbons (Fsp3) is 0.800. The molecule has 1 aliphatic rings. The Balaban J connectivity index is 1.74. The normalized spacial score (nSPS) is 18.9. The first-order valence-corrected chi connectivity index (χ1v) is 8.24. The third-order valence-electron chi connectivity index (χ3n) is 3.80. The summed E-state index contributed by atoms with van der Waals surface area (Å²) in [5, 5.41) is 6.95. The zero-order valence-corrected chi connectivity index (χ0v) is 13.5. The molecule has 4 heteroatoms. The van der Waals surface area contributed by atoms with Gasteiger partial charge in [0, 0.05) is 29.9 Å². The fourth-order valence-corrected chi connectivity index (χ4v) is 3.43. The Morgan fingerprint density at radius 2 is 2.05 bits per heavy atom. The first kappa shape index (κ1) is 14.9. The van der Waals surface area contributed by atoms with Crippen LogP contribution in [0.4, 0.5) is 0 Å². The number of aromatic nitrogens is 1. The maximum Gasteiger partial charge on any atom is 0.107 e. The van der Waals surface area contributed by atoms with Crippen molar-refractivity contribution >= 4 is 11.3 Å². The zero-order valence-electron chi connectivity index (χ0n) is 12.7. The van der Waals surface area contributed by atoms with Gasteiger partial charge >= 0.3 is 0 Å². The molecule has 108 valence electrons.